The summed E-state index contributed by atoms with van der Waals surface area (Å²) < 4.78 is 0. The van der Waals surface area contributed by atoms with Crippen LogP contribution < -0.4 is 4.90 Å². The van der Waals surface area contributed by atoms with Crippen molar-refractivity contribution in [1.82, 2.24) is 0 Å². The number of nitrogens with zero attached hydrogens (tertiary/aromatic N) is 2. The topological polar surface area (TPSA) is 63.5 Å². The maximum absolute atomic E-state index is 11.2. The minimum atomic E-state index is -0.405. The van der Waals surface area contributed by atoms with Gasteiger partial charge in [0.1, 0.15) is 12.0 Å². The molecule has 1 aliphatic rings. The first-order valence-electron chi connectivity index (χ1n) is 6.55. The Morgan fingerprint density at radius 2 is 2.21 bits per heavy atom. The molecule has 0 radical (unpaired) electrons. The lowest BCUT2D eigenvalue weighted by molar-refractivity contribution is -0.384. The van der Waals surface area contributed by atoms with Crippen LogP contribution in [-0.2, 0) is 0 Å². The lowest BCUT2D eigenvalue weighted by Crippen LogP contribution is -2.33. The molecule has 1 heterocycles. The Hall–Kier alpha value is -1.91. The maximum atomic E-state index is 11.2. The number of hydrogen-bond acceptors (Lipinski definition) is 4. The monoisotopic (exact) mass is 262 g/mol. The third-order valence-electron chi connectivity index (χ3n) is 3.71. The average Bonchev–Trinajstić information content (AvgIpc) is 2.87. The second-order valence-electron chi connectivity index (χ2n) is 5.27. The number of nitro groups is 1. The molecule has 1 aliphatic heterocycles. The van der Waals surface area contributed by atoms with E-state index in [1.165, 1.54) is 6.07 Å². The summed E-state index contributed by atoms with van der Waals surface area (Å²) in [5, 5.41) is 11.2. The molecule has 1 saturated heterocycles. The molecule has 0 aromatic heterocycles. The molecule has 0 aliphatic carbocycles. The van der Waals surface area contributed by atoms with E-state index in [-0.39, 0.29) is 5.69 Å². The Bertz CT molecular complexity index is 499. The smallest absolute Gasteiger partial charge is 0.293 e. The number of benzene rings is 1. The van der Waals surface area contributed by atoms with E-state index in [9.17, 15) is 14.9 Å². The summed E-state index contributed by atoms with van der Waals surface area (Å²) in [6.45, 7) is 5.10. The highest BCUT2D eigenvalue weighted by Crippen LogP contribution is 2.36. The zero-order chi connectivity index (χ0) is 14.0. The van der Waals surface area contributed by atoms with Gasteiger partial charge in [-0.2, -0.15) is 0 Å². The summed E-state index contributed by atoms with van der Waals surface area (Å²) in [6, 6.07) is 5.03. The number of anilines is 1. The summed E-state index contributed by atoms with van der Waals surface area (Å²) in [5.41, 5.74) is 1.000. The number of carbonyl (C=O) groups is 1. The lowest BCUT2D eigenvalue weighted by Gasteiger charge is -2.29. The van der Waals surface area contributed by atoms with E-state index in [0.717, 1.165) is 19.4 Å². The fraction of sp³-hybridized carbons (Fsp3) is 0.500. The molecular weight excluding hydrogens is 244 g/mol. The average molecular weight is 262 g/mol. The van der Waals surface area contributed by atoms with Crippen LogP contribution in [0.2, 0.25) is 0 Å². The van der Waals surface area contributed by atoms with Crippen molar-refractivity contribution in [1.29, 1.82) is 0 Å². The Morgan fingerprint density at radius 1 is 1.47 bits per heavy atom. The molecule has 0 spiro atoms. The number of aldehydes is 1. The highest BCUT2D eigenvalue weighted by atomic mass is 16.6. The summed E-state index contributed by atoms with van der Waals surface area (Å²) in [4.78, 5) is 23.6. The van der Waals surface area contributed by atoms with Gasteiger partial charge in [0.2, 0.25) is 0 Å². The summed E-state index contributed by atoms with van der Waals surface area (Å²) in [6.07, 6.45) is 2.75. The molecule has 1 atom stereocenters. The van der Waals surface area contributed by atoms with Crippen molar-refractivity contribution in [2.45, 2.75) is 32.7 Å². The number of nitro benzene ring substituents is 1. The van der Waals surface area contributed by atoms with Gasteiger partial charge in [-0.25, -0.2) is 0 Å². The predicted octanol–water partition coefficient (Wildman–Crippen LogP) is 3.03. The van der Waals surface area contributed by atoms with E-state index in [0.29, 0.717) is 29.5 Å². The molecule has 19 heavy (non-hydrogen) atoms. The Balaban J connectivity index is 2.43. The van der Waals surface area contributed by atoms with Crippen LogP contribution in [0.1, 0.15) is 37.0 Å². The second-order valence-corrected chi connectivity index (χ2v) is 5.27. The zero-order valence-corrected chi connectivity index (χ0v) is 11.2. The van der Waals surface area contributed by atoms with Crippen LogP contribution in [0, 0.1) is 16.0 Å². The van der Waals surface area contributed by atoms with Crippen molar-refractivity contribution in [2.24, 2.45) is 5.92 Å². The molecule has 0 N–H and O–H groups in total. The predicted molar refractivity (Wildman–Crippen MR) is 73.7 cm³/mol. The lowest BCUT2D eigenvalue weighted by atomic mass is 10.0. The van der Waals surface area contributed by atoms with Crippen LogP contribution in [0.4, 0.5) is 11.4 Å². The largest absolute Gasteiger partial charge is 0.363 e. The van der Waals surface area contributed by atoms with Gasteiger partial charge in [-0.3, -0.25) is 14.9 Å². The van der Waals surface area contributed by atoms with E-state index in [4.69, 9.17) is 0 Å². The van der Waals surface area contributed by atoms with Crippen LogP contribution in [0.5, 0.6) is 0 Å². The fourth-order valence-corrected chi connectivity index (χ4v) is 2.79. The van der Waals surface area contributed by atoms with E-state index >= 15 is 0 Å². The summed E-state index contributed by atoms with van der Waals surface area (Å²) >= 11 is 0. The first kappa shape index (κ1) is 13.5. The molecule has 2 rings (SSSR count). The molecule has 5 heteroatoms. The summed E-state index contributed by atoms with van der Waals surface area (Å²) in [7, 11) is 0. The molecule has 1 aromatic carbocycles. The first-order chi connectivity index (χ1) is 9.04. The highest BCUT2D eigenvalue weighted by Gasteiger charge is 2.31. The van der Waals surface area contributed by atoms with Gasteiger partial charge < -0.3 is 4.90 Å². The molecule has 0 saturated carbocycles. The van der Waals surface area contributed by atoms with Crippen LogP contribution in [0.15, 0.2) is 18.2 Å². The van der Waals surface area contributed by atoms with Crippen molar-refractivity contribution in [2.75, 3.05) is 11.4 Å². The van der Waals surface area contributed by atoms with Gasteiger partial charge in [-0.1, -0.05) is 13.8 Å². The van der Waals surface area contributed by atoms with Crippen LogP contribution in [0.3, 0.4) is 0 Å². The van der Waals surface area contributed by atoms with Crippen LogP contribution >= 0.6 is 0 Å². The Morgan fingerprint density at radius 3 is 2.79 bits per heavy atom. The number of rotatable bonds is 4. The fourth-order valence-electron chi connectivity index (χ4n) is 2.79. The van der Waals surface area contributed by atoms with Crippen molar-refractivity contribution in [3.05, 3.63) is 33.9 Å². The molecule has 1 fully saturated rings. The minimum Gasteiger partial charge on any atom is -0.363 e. The van der Waals surface area contributed by atoms with Crippen molar-refractivity contribution in [3.8, 4) is 0 Å². The van der Waals surface area contributed by atoms with Gasteiger partial charge >= 0.3 is 0 Å². The molecule has 0 bridgehead atoms. The third-order valence-corrected chi connectivity index (χ3v) is 3.71. The number of hydrogen-bond donors (Lipinski definition) is 0. The third kappa shape index (κ3) is 2.59. The van der Waals surface area contributed by atoms with Gasteiger partial charge in [-0.15, -0.1) is 0 Å². The van der Waals surface area contributed by atoms with Crippen molar-refractivity contribution in [3.63, 3.8) is 0 Å². The normalized spacial score (nSPS) is 18.9. The van der Waals surface area contributed by atoms with Gasteiger partial charge in [0.25, 0.3) is 5.69 Å². The maximum Gasteiger partial charge on any atom is 0.293 e. The molecular formula is C14H18N2O3. The Kier molecular flexibility index (Phi) is 3.83. The van der Waals surface area contributed by atoms with Gasteiger partial charge in [-0.05, 0) is 30.9 Å². The Labute approximate surface area is 112 Å². The van der Waals surface area contributed by atoms with Gasteiger partial charge in [0.15, 0.2) is 0 Å². The quantitative estimate of drug-likeness (QED) is 0.475. The minimum absolute atomic E-state index is 0.0251. The SMILES string of the molecule is CC(C)C1CCCN1c1ccc(C=O)cc1[N+](=O)[O-]. The molecule has 5 nitrogen and oxygen atoms in total. The zero-order valence-electron chi connectivity index (χ0n) is 11.2. The van der Waals surface area contributed by atoms with E-state index in [1.807, 2.05) is 0 Å². The van der Waals surface area contributed by atoms with Gasteiger partial charge in [0, 0.05) is 24.2 Å². The van der Waals surface area contributed by atoms with Crippen molar-refractivity contribution >= 4 is 17.7 Å². The van der Waals surface area contributed by atoms with Crippen LogP contribution in [-0.4, -0.2) is 23.8 Å². The second kappa shape index (κ2) is 5.38. The van der Waals surface area contributed by atoms with Crippen molar-refractivity contribution < 1.29 is 9.72 Å². The molecule has 102 valence electrons. The molecule has 1 aromatic rings. The molecule has 0 amide bonds. The van der Waals surface area contributed by atoms with E-state index in [1.54, 1.807) is 12.1 Å². The first-order valence-corrected chi connectivity index (χ1v) is 6.55. The highest BCUT2D eigenvalue weighted by molar-refractivity contribution is 5.79. The van der Waals surface area contributed by atoms with E-state index in [2.05, 4.69) is 18.7 Å². The van der Waals surface area contributed by atoms with Crippen LogP contribution in [0.25, 0.3) is 0 Å². The standard InChI is InChI=1S/C14H18N2O3/c1-10(2)12-4-3-7-15(12)13-6-5-11(9-17)8-14(13)16(18)19/h5-6,8-10,12H,3-4,7H2,1-2H3. The van der Waals surface area contributed by atoms with E-state index < -0.39 is 4.92 Å². The van der Waals surface area contributed by atoms with Gasteiger partial charge in [0.05, 0.1) is 4.92 Å². The number of carbonyl (C=O) groups excluding carboxylic acids is 1. The summed E-state index contributed by atoms with van der Waals surface area (Å²) in [5.74, 6) is 0.452. The molecule has 1 unspecified atom stereocenters.